The molecule has 0 amide bonds. The first kappa shape index (κ1) is 62.5. The Bertz CT molecular complexity index is 1390. The Balaban J connectivity index is 1.44. The van der Waals surface area contributed by atoms with E-state index in [4.69, 9.17) is 14.2 Å². The first-order valence-electron chi connectivity index (χ1n) is 31.0. The summed E-state index contributed by atoms with van der Waals surface area (Å²) < 4.78 is 18.7. The van der Waals surface area contributed by atoms with Crippen molar-refractivity contribution < 1.29 is 19.0 Å². The maximum atomic E-state index is 13.0. The highest BCUT2D eigenvalue weighted by molar-refractivity contribution is 7.06. The standard InChI is InChI=1S/C66H112O4Si/c1-4-7-10-13-16-19-22-25-28-31-34-37-40-43-58-68-61-46-52-64(53-47-61)71(67,65-54-48-62(49-55-65)69-59-44-41-38-35-32-29-26-23-20-17-14-11-8-5-2)66-56-50-63(51-57-66)70-60-45-42-39-36-33-30-27-24-21-18-15-12-9-6-3/h46-57,67H,4-45,58-60H2,1-3H3. The first-order chi connectivity index (χ1) is 35.1. The number of benzene rings is 3. The zero-order valence-electron chi connectivity index (χ0n) is 46.9. The average molecular weight is 998 g/mol. The van der Waals surface area contributed by atoms with Crippen LogP contribution in [0.4, 0.5) is 0 Å². The summed E-state index contributed by atoms with van der Waals surface area (Å²) in [5.41, 5.74) is 0. The molecule has 0 saturated heterocycles. The second-order valence-corrected chi connectivity index (χ2v) is 24.8. The zero-order valence-corrected chi connectivity index (χ0v) is 47.9. The van der Waals surface area contributed by atoms with Crippen molar-refractivity contribution >= 4 is 23.9 Å². The van der Waals surface area contributed by atoms with Gasteiger partial charge in [-0.2, -0.15) is 0 Å². The predicted octanol–water partition coefficient (Wildman–Crippen LogP) is 19.2. The molecule has 3 aromatic carbocycles. The molecule has 404 valence electrons. The predicted molar refractivity (Wildman–Crippen MR) is 314 cm³/mol. The number of ether oxygens (including phenoxy) is 3. The molecule has 3 rings (SSSR count). The molecule has 0 bridgehead atoms. The van der Waals surface area contributed by atoms with Gasteiger partial charge in [0, 0.05) is 0 Å². The maximum absolute atomic E-state index is 13.0. The van der Waals surface area contributed by atoms with Crippen molar-refractivity contribution in [2.24, 2.45) is 0 Å². The van der Waals surface area contributed by atoms with Gasteiger partial charge in [-0.15, -0.1) is 0 Å². The van der Waals surface area contributed by atoms with Crippen LogP contribution in [-0.2, 0) is 0 Å². The summed E-state index contributed by atoms with van der Waals surface area (Å²) in [6.45, 7) is 9.10. The highest BCUT2D eigenvalue weighted by Crippen LogP contribution is 2.20. The van der Waals surface area contributed by atoms with Crippen molar-refractivity contribution in [2.45, 2.75) is 290 Å². The molecule has 0 aromatic heterocycles. The molecule has 0 unspecified atom stereocenters. The molecule has 0 aliphatic carbocycles. The van der Waals surface area contributed by atoms with Crippen molar-refractivity contribution in [3.8, 4) is 17.2 Å². The van der Waals surface area contributed by atoms with E-state index >= 15 is 0 Å². The molecule has 3 aromatic rings. The molecule has 0 spiro atoms. The van der Waals surface area contributed by atoms with Crippen LogP contribution in [0.1, 0.15) is 290 Å². The summed E-state index contributed by atoms with van der Waals surface area (Å²) in [5, 5.41) is 2.86. The molecular weight excluding hydrogens is 885 g/mol. The van der Waals surface area contributed by atoms with Crippen LogP contribution in [0.15, 0.2) is 72.8 Å². The van der Waals surface area contributed by atoms with Crippen molar-refractivity contribution in [3.63, 3.8) is 0 Å². The molecule has 1 N–H and O–H groups in total. The molecule has 71 heavy (non-hydrogen) atoms. The van der Waals surface area contributed by atoms with E-state index < -0.39 is 8.32 Å². The monoisotopic (exact) mass is 997 g/mol. The van der Waals surface area contributed by atoms with Gasteiger partial charge in [0.15, 0.2) is 0 Å². The summed E-state index contributed by atoms with van der Waals surface area (Å²) in [7, 11) is -3.34. The van der Waals surface area contributed by atoms with Gasteiger partial charge in [-0.1, -0.05) is 308 Å². The van der Waals surface area contributed by atoms with Crippen LogP contribution in [0.2, 0.25) is 0 Å². The Morgan fingerprint density at radius 1 is 0.239 bits per heavy atom. The minimum atomic E-state index is -3.34. The fraction of sp³-hybridized carbons (Fsp3) is 0.727. The van der Waals surface area contributed by atoms with Gasteiger partial charge >= 0.3 is 0 Å². The normalized spacial score (nSPS) is 11.7. The van der Waals surface area contributed by atoms with Gasteiger partial charge in [-0.25, -0.2) is 0 Å². The van der Waals surface area contributed by atoms with Gasteiger partial charge < -0.3 is 19.0 Å². The topological polar surface area (TPSA) is 47.9 Å². The summed E-state index contributed by atoms with van der Waals surface area (Å²) >= 11 is 0. The quantitative estimate of drug-likeness (QED) is 0.0348. The van der Waals surface area contributed by atoms with Crippen molar-refractivity contribution in [3.05, 3.63) is 72.8 Å². The zero-order chi connectivity index (χ0) is 50.4. The Kier molecular flexibility index (Phi) is 39.4. The third kappa shape index (κ3) is 30.9. The van der Waals surface area contributed by atoms with E-state index in [0.29, 0.717) is 0 Å². The molecule has 5 heteroatoms. The Morgan fingerprint density at radius 3 is 0.563 bits per heavy atom. The van der Waals surface area contributed by atoms with Crippen LogP contribution in [0.3, 0.4) is 0 Å². The summed E-state index contributed by atoms with van der Waals surface area (Å²) in [6.07, 6.45) is 56.9. The van der Waals surface area contributed by atoms with E-state index in [0.717, 1.165) is 71.9 Å². The summed E-state index contributed by atoms with van der Waals surface area (Å²) in [6, 6.07) is 24.9. The lowest BCUT2D eigenvalue weighted by Gasteiger charge is -2.27. The minimum absolute atomic E-state index is 0.737. The van der Waals surface area contributed by atoms with E-state index in [9.17, 15) is 4.80 Å². The fourth-order valence-corrected chi connectivity index (χ4v) is 13.3. The van der Waals surface area contributed by atoms with Crippen LogP contribution in [0.25, 0.3) is 0 Å². The van der Waals surface area contributed by atoms with E-state index in [1.807, 2.05) is 0 Å². The van der Waals surface area contributed by atoms with Crippen LogP contribution >= 0.6 is 0 Å². The largest absolute Gasteiger partial charge is 0.494 e. The number of rotatable bonds is 51. The lowest BCUT2D eigenvalue weighted by atomic mass is 10.0. The Hall–Kier alpha value is -2.76. The summed E-state index contributed by atoms with van der Waals surface area (Å²) in [4.78, 5) is 13.0. The van der Waals surface area contributed by atoms with E-state index in [1.165, 1.54) is 250 Å². The van der Waals surface area contributed by atoms with Crippen LogP contribution in [-0.4, -0.2) is 32.9 Å². The Morgan fingerprint density at radius 2 is 0.394 bits per heavy atom. The van der Waals surface area contributed by atoms with Crippen molar-refractivity contribution in [2.75, 3.05) is 19.8 Å². The van der Waals surface area contributed by atoms with Gasteiger partial charge in [-0.05, 0) is 71.2 Å². The highest BCUT2D eigenvalue weighted by Gasteiger charge is 2.38. The lowest BCUT2D eigenvalue weighted by Crippen LogP contribution is -2.67. The van der Waals surface area contributed by atoms with Crippen LogP contribution in [0, 0.1) is 0 Å². The van der Waals surface area contributed by atoms with E-state index in [1.54, 1.807) is 0 Å². The van der Waals surface area contributed by atoms with Crippen molar-refractivity contribution in [1.82, 2.24) is 0 Å². The average Bonchev–Trinajstić information content (AvgIpc) is 3.40. The lowest BCUT2D eigenvalue weighted by molar-refractivity contribution is 0.304. The van der Waals surface area contributed by atoms with E-state index in [2.05, 4.69) is 93.6 Å². The van der Waals surface area contributed by atoms with Crippen LogP contribution in [0.5, 0.6) is 17.2 Å². The second-order valence-electron chi connectivity index (χ2n) is 21.6. The number of hydrogen-bond donors (Lipinski definition) is 1. The highest BCUT2D eigenvalue weighted by atomic mass is 28.4. The molecule has 0 atom stereocenters. The molecule has 0 saturated carbocycles. The van der Waals surface area contributed by atoms with Crippen molar-refractivity contribution in [1.29, 1.82) is 0 Å². The second kappa shape index (κ2) is 44.7. The number of unbranched alkanes of at least 4 members (excludes halogenated alkanes) is 39. The molecule has 0 aliphatic rings. The van der Waals surface area contributed by atoms with Gasteiger partial charge in [-0.3, -0.25) is 0 Å². The summed E-state index contributed by atoms with van der Waals surface area (Å²) in [5.74, 6) is 2.62. The van der Waals surface area contributed by atoms with Crippen LogP contribution < -0.4 is 29.8 Å². The molecule has 4 nitrogen and oxygen atoms in total. The van der Waals surface area contributed by atoms with Gasteiger partial charge in [0.1, 0.15) is 17.2 Å². The molecular formula is C66H112O4Si. The first-order valence-corrected chi connectivity index (χ1v) is 33.0. The molecule has 0 fully saturated rings. The SMILES string of the molecule is CCCCCCCCCCCCCCCCOc1ccc([Si](O)(c2ccc(OCCCCCCCCCCCCCCCC)cc2)c2ccc(OCCCCCCCCCCCCCCCC)cc2)cc1. The molecule has 0 radical (unpaired) electrons. The van der Waals surface area contributed by atoms with Gasteiger partial charge in [0.25, 0.3) is 8.32 Å². The van der Waals surface area contributed by atoms with Gasteiger partial charge in [0.2, 0.25) is 0 Å². The Labute approximate surface area is 441 Å². The smallest absolute Gasteiger partial charge is 0.285 e. The van der Waals surface area contributed by atoms with Gasteiger partial charge in [0.05, 0.1) is 19.8 Å². The maximum Gasteiger partial charge on any atom is 0.285 e. The third-order valence-electron chi connectivity index (χ3n) is 15.1. The molecule has 0 heterocycles. The molecule has 0 aliphatic heterocycles. The van der Waals surface area contributed by atoms with E-state index in [-0.39, 0.29) is 0 Å². The number of hydrogen-bond acceptors (Lipinski definition) is 4. The minimum Gasteiger partial charge on any atom is -0.494 e. The third-order valence-corrected chi connectivity index (χ3v) is 18.6. The fourth-order valence-electron chi connectivity index (χ4n) is 10.3.